The normalized spacial score (nSPS) is 10.9. The standard InChI is InChI=1S/C12H7Br2FN4/c13-8-5-7(15)1-2-9(8)17-11-12-16-3-4-19(12)6-10(14)18-11/h1-6H,(H,17,18). The van der Waals surface area contributed by atoms with Crippen molar-refractivity contribution in [2.75, 3.05) is 5.32 Å². The maximum atomic E-state index is 13.1. The quantitative estimate of drug-likeness (QED) is 0.720. The number of imidazole rings is 1. The number of aromatic nitrogens is 3. The molecule has 0 saturated carbocycles. The third kappa shape index (κ3) is 2.48. The monoisotopic (exact) mass is 384 g/mol. The Hall–Kier alpha value is -1.47. The number of benzene rings is 1. The van der Waals surface area contributed by atoms with Crippen molar-refractivity contribution in [2.45, 2.75) is 0 Å². The Labute approximate surface area is 124 Å². The summed E-state index contributed by atoms with van der Waals surface area (Å²) >= 11 is 6.65. The summed E-state index contributed by atoms with van der Waals surface area (Å²) in [5, 5.41) is 3.13. The summed E-state index contributed by atoms with van der Waals surface area (Å²) < 4.78 is 16.2. The molecule has 0 fully saturated rings. The summed E-state index contributed by atoms with van der Waals surface area (Å²) in [5.74, 6) is 0.289. The van der Waals surface area contributed by atoms with Crippen molar-refractivity contribution >= 4 is 49.0 Å². The number of hydrogen-bond acceptors (Lipinski definition) is 3. The third-order valence-corrected chi connectivity index (χ3v) is 3.57. The summed E-state index contributed by atoms with van der Waals surface area (Å²) in [6.45, 7) is 0. The van der Waals surface area contributed by atoms with Crippen molar-refractivity contribution in [3.63, 3.8) is 0 Å². The van der Waals surface area contributed by atoms with Crippen LogP contribution < -0.4 is 5.32 Å². The number of halogens is 3. The van der Waals surface area contributed by atoms with E-state index in [0.29, 0.717) is 20.5 Å². The lowest BCUT2D eigenvalue weighted by Crippen LogP contribution is -1.99. The molecule has 0 radical (unpaired) electrons. The highest BCUT2D eigenvalue weighted by Gasteiger charge is 2.09. The Morgan fingerprint density at radius 2 is 2.11 bits per heavy atom. The molecule has 1 N–H and O–H groups in total. The van der Waals surface area contributed by atoms with Gasteiger partial charge in [-0.2, -0.15) is 0 Å². The molecule has 19 heavy (non-hydrogen) atoms. The van der Waals surface area contributed by atoms with Gasteiger partial charge in [0, 0.05) is 23.1 Å². The SMILES string of the molecule is Fc1ccc(Nc2nc(Br)cn3ccnc23)c(Br)c1. The molecule has 0 unspecified atom stereocenters. The van der Waals surface area contributed by atoms with Crippen LogP contribution in [0.15, 0.2) is 45.9 Å². The second kappa shape index (κ2) is 4.90. The van der Waals surface area contributed by atoms with E-state index in [4.69, 9.17) is 0 Å². The molecule has 0 aliphatic rings. The molecule has 96 valence electrons. The molecule has 0 saturated heterocycles. The average molecular weight is 386 g/mol. The van der Waals surface area contributed by atoms with Gasteiger partial charge in [-0.05, 0) is 50.1 Å². The first kappa shape index (κ1) is 12.6. The number of anilines is 2. The number of rotatable bonds is 2. The summed E-state index contributed by atoms with van der Waals surface area (Å²) in [6, 6.07) is 4.42. The topological polar surface area (TPSA) is 42.2 Å². The van der Waals surface area contributed by atoms with Gasteiger partial charge in [0.2, 0.25) is 0 Å². The van der Waals surface area contributed by atoms with E-state index in [1.165, 1.54) is 12.1 Å². The zero-order chi connectivity index (χ0) is 13.4. The molecule has 4 nitrogen and oxygen atoms in total. The van der Waals surface area contributed by atoms with Gasteiger partial charge in [-0.1, -0.05) is 0 Å². The van der Waals surface area contributed by atoms with E-state index < -0.39 is 0 Å². The molecule has 3 rings (SSSR count). The lowest BCUT2D eigenvalue weighted by Gasteiger charge is -2.09. The molecule has 7 heteroatoms. The predicted octanol–water partition coefficient (Wildman–Crippen LogP) is 4.14. The van der Waals surface area contributed by atoms with E-state index >= 15 is 0 Å². The van der Waals surface area contributed by atoms with E-state index in [-0.39, 0.29) is 5.82 Å². The van der Waals surface area contributed by atoms with Gasteiger partial charge in [-0.25, -0.2) is 14.4 Å². The van der Waals surface area contributed by atoms with Gasteiger partial charge in [0.15, 0.2) is 11.5 Å². The first-order chi connectivity index (χ1) is 9.13. The lowest BCUT2D eigenvalue weighted by atomic mass is 10.3. The Morgan fingerprint density at radius 1 is 1.26 bits per heavy atom. The minimum atomic E-state index is -0.300. The number of nitrogens with zero attached hydrogens (tertiary/aromatic N) is 3. The molecule has 0 amide bonds. The van der Waals surface area contributed by atoms with Gasteiger partial charge in [-0.15, -0.1) is 0 Å². The zero-order valence-corrected chi connectivity index (χ0v) is 12.6. The van der Waals surface area contributed by atoms with Crippen LogP contribution in [0.25, 0.3) is 5.65 Å². The minimum Gasteiger partial charge on any atom is -0.336 e. The second-order valence-electron chi connectivity index (χ2n) is 3.82. The molecule has 0 spiro atoms. The van der Waals surface area contributed by atoms with Crippen LogP contribution >= 0.6 is 31.9 Å². The average Bonchev–Trinajstić information content (AvgIpc) is 2.80. The zero-order valence-electron chi connectivity index (χ0n) is 9.44. The van der Waals surface area contributed by atoms with Gasteiger partial charge >= 0.3 is 0 Å². The fraction of sp³-hybridized carbons (Fsp3) is 0. The predicted molar refractivity (Wildman–Crippen MR) is 78.1 cm³/mol. The van der Waals surface area contributed by atoms with Crippen LogP contribution in [0.4, 0.5) is 15.9 Å². The van der Waals surface area contributed by atoms with E-state index in [0.717, 1.165) is 5.69 Å². The van der Waals surface area contributed by atoms with Crippen molar-refractivity contribution in [2.24, 2.45) is 0 Å². The summed E-state index contributed by atoms with van der Waals surface area (Å²) in [5.41, 5.74) is 1.41. The molecule has 0 aliphatic heterocycles. The molecule has 0 atom stereocenters. The maximum absolute atomic E-state index is 13.1. The van der Waals surface area contributed by atoms with Crippen LogP contribution in [0.1, 0.15) is 0 Å². The van der Waals surface area contributed by atoms with Crippen LogP contribution in [0.2, 0.25) is 0 Å². The van der Waals surface area contributed by atoms with Crippen LogP contribution in [-0.2, 0) is 0 Å². The number of hydrogen-bond donors (Lipinski definition) is 1. The fourth-order valence-corrected chi connectivity index (χ4v) is 2.55. The largest absolute Gasteiger partial charge is 0.336 e. The summed E-state index contributed by atoms with van der Waals surface area (Å²) in [4.78, 5) is 8.57. The molecule has 0 bridgehead atoms. The molecule has 2 heterocycles. The highest BCUT2D eigenvalue weighted by molar-refractivity contribution is 9.10. The first-order valence-electron chi connectivity index (χ1n) is 5.35. The van der Waals surface area contributed by atoms with Gasteiger partial charge in [-0.3, -0.25) is 0 Å². The Bertz CT molecular complexity index is 757. The Morgan fingerprint density at radius 3 is 2.89 bits per heavy atom. The highest BCUT2D eigenvalue weighted by atomic mass is 79.9. The molecule has 1 aromatic carbocycles. The highest BCUT2D eigenvalue weighted by Crippen LogP contribution is 2.28. The van der Waals surface area contributed by atoms with Gasteiger partial charge in [0.25, 0.3) is 0 Å². The summed E-state index contributed by atoms with van der Waals surface area (Å²) in [7, 11) is 0. The minimum absolute atomic E-state index is 0.300. The van der Waals surface area contributed by atoms with Crippen molar-refractivity contribution in [3.8, 4) is 0 Å². The molecule has 0 aliphatic carbocycles. The summed E-state index contributed by atoms with van der Waals surface area (Å²) in [6.07, 6.45) is 5.33. The van der Waals surface area contributed by atoms with Gasteiger partial charge in [0.1, 0.15) is 10.4 Å². The first-order valence-corrected chi connectivity index (χ1v) is 6.93. The Balaban J connectivity index is 2.07. The molecular weight excluding hydrogens is 379 g/mol. The van der Waals surface area contributed by atoms with Crippen molar-refractivity contribution in [1.82, 2.24) is 14.4 Å². The van der Waals surface area contributed by atoms with Crippen molar-refractivity contribution in [1.29, 1.82) is 0 Å². The molecule has 3 aromatic rings. The van der Waals surface area contributed by atoms with E-state index in [1.54, 1.807) is 12.3 Å². The maximum Gasteiger partial charge on any atom is 0.180 e. The van der Waals surface area contributed by atoms with Crippen molar-refractivity contribution in [3.05, 3.63) is 51.7 Å². The molecule has 2 aromatic heterocycles. The van der Waals surface area contributed by atoms with E-state index in [1.807, 2.05) is 16.8 Å². The number of fused-ring (bicyclic) bond motifs is 1. The second-order valence-corrected chi connectivity index (χ2v) is 5.49. The van der Waals surface area contributed by atoms with E-state index in [2.05, 4.69) is 47.1 Å². The van der Waals surface area contributed by atoms with Crippen LogP contribution in [0.5, 0.6) is 0 Å². The van der Waals surface area contributed by atoms with Gasteiger partial charge in [0.05, 0.1) is 5.69 Å². The fourth-order valence-electron chi connectivity index (χ4n) is 1.70. The van der Waals surface area contributed by atoms with Crippen LogP contribution in [-0.4, -0.2) is 14.4 Å². The van der Waals surface area contributed by atoms with Crippen LogP contribution in [0.3, 0.4) is 0 Å². The van der Waals surface area contributed by atoms with Crippen LogP contribution in [0, 0.1) is 5.82 Å². The van der Waals surface area contributed by atoms with Crippen molar-refractivity contribution < 1.29 is 4.39 Å². The molecular formula is C12H7Br2FN4. The Kier molecular flexibility index (Phi) is 3.24. The van der Waals surface area contributed by atoms with Gasteiger partial charge < -0.3 is 9.72 Å². The van der Waals surface area contributed by atoms with E-state index in [9.17, 15) is 4.39 Å². The third-order valence-electron chi connectivity index (χ3n) is 2.53. The smallest absolute Gasteiger partial charge is 0.180 e. The number of nitrogens with one attached hydrogen (secondary N) is 1. The lowest BCUT2D eigenvalue weighted by molar-refractivity contribution is 0.627.